The van der Waals surface area contributed by atoms with Crippen molar-refractivity contribution in [1.29, 1.82) is 0 Å². The molecule has 0 aliphatic carbocycles. The van der Waals surface area contributed by atoms with E-state index in [2.05, 4.69) is 5.10 Å². The van der Waals surface area contributed by atoms with Crippen molar-refractivity contribution in [3.63, 3.8) is 0 Å². The maximum atomic E-state index is 12.0. The summed E-state index contributed by atoms with van der Waals surface area (Å²) in [5.74, 6) is -0.478. The molecule has 132 valence electrons. The molecule has 0 spiro atoms. The number of hydrogen-bond acceptors (Lipinski definition) is 8. The number of fused-ring (bicyclic) bond motifs is 1. The average Bonchev–Trinajstić information content (AvgIpc) is 2.82. The van der Waals surface area contributed by atoms with Crippen molar-refractivity contribution < 1.29 is 89.9 Å². The van der Waals surface area contributed by atoms with Crippen LogP contribution < -0.4 is 64.1 Å². The number of benzene rings is 2. The first-order valence-electron chi connectivity index (χ1n) is 6.84. The third kappa shape index (κ3) is 4.99. The number of carbonyl (C=O) groups excluding carboxylic acids is 1. The number of rotatable bonds is 3. The largest absolute Gasteiger partial charge is 1.00 e. The van der Waals surface area contributed by atoms with Crippen molar-refractivity contribution in [3.8, 4) is 0 Å². The molecule has 0 saturated carbocycles. The molecule has 1 aliphatic heterocycles. The summed E-state index contributed by atoms with van der Waals surface area (Å²) in [5, 5.41) is 4.32. The van der Waals surface area contributed by atoms with Crippen LogP contribution in [0.1, 0.15) is 13.3 Å². The third-order valence-electron chi connectivity index (χ3n) is 3.60. The van der Waals surface area contributed by atoms with Gasteiger partial charge in [0.2, 0.25) is 0 Å². The normalized spacial score (nSPS) is 14.6. The molecule has 0 N–H and O–H groups in total. The number of carbonyl (C=O) groups is 1. The molecule has 0 aromatic heterocycles. The van der Waals surface area contributed by atoms with Gasteiger partial charge in [-0.3, -0.25) is 4.79 Å². The van der Waals surface area contributed by atoms with E-state index in [0.29, 0.717) is 5.71 Å². The van der Waals surface area contributed by atoms with E-state index in [9.17, 15) is 30.7 Å². The number of anilines is 1. The van der Waals surface area contributed by atoms with Crippen molar-refractivity contribution in [2.24, 2.45) is 5.10 Å². The summed E-state index contributed by atoms with van der Waals surface area (Å²) < 4.78 is 69.2. The Labute approximate surface area is 199 Å². The Morgan fingerprint density at radius 1 is 0.963 bits per heavy atom. The summed E-state index contributed by atoms with van der Waals surface area (Å²) in [7, 11) is -9.95. The van der Waals surface area contributed by atoms with Gasteiger partial charge in [0.25, 0.3) is 5.91 Å². The number of hydrazone groups is 1. The molecule has 0 radical (unpaired) electrons. The topological polar surface area (TPSA) is 147 Å². The molecule has 9 nitrogen and oxygen atoms in total. The van der Waals surface area contributed by atoms with Crippen LogP contribution in [-0.4, -0.2) is 37.6 Å². The molecule has 0 atom stereocenters. The maximum Gasteiger partial charge on any atom is 1.00 e. The fourth-order valence-electron chi connectivity index (χ4n) is 2.61. The molecule has 2 aromatic rings. The zero-order chi connectivity index (χ0) is 18.6. The third-order valence-corrected chi connectivity index (χ3v) is 5.37. The molecule has 1 heterocycles. The monoisotopic (exact) mass is 428 g/mol. The standard InChI is InChI=1S/C14H12N2O7S2.2Na/c1-8-5-14(17)16(15-8)9-6-11-10(13(7-9)25(21,22)23)3-2-4-12(11)24(18,19)20;;/h2-4,6-7H,5H2,1H3,(H,18,19,20)(H,21,22,23);;/q;2*+1/p-2. The fraction of sp³-hybridized carbons (Fsp3) is 0.143. The summed E-state index contributed by atoms with van der Waals surface area (Å²) in [6, 6.07) is 5.44. The van der Waals surface area contributed by atoms with E-state index < -0.39 is 35.9 Å². The molecule has 27 heavy (non-hydrogen) atoms. The van der Waals surface area contributed by atoms with E-state index in [1.807, 2.05) is 0 Å². The van der Waals surface area contributed by atoms with Crippen molar-refractivity contribution in [2.45, 2.75) is 23.1 Å². The Morgan fingerprint density at radius 3 is 2.04 bits per heavy atom. The molecule has 1 aliphatic rings. The van der Waals surface area contributed by atoms with Crippen LogP contribution in [0.25, 0.3) is 10.8 Å². The van der Waals surface area contributed by atoms with Crippen LogP contribution in [0.5, 0.6) is 0 Å². The quantitative estimate of drug-likeness (QED) is 0.351. The van der Waals surface area contributed by atoms with Crippen LogP contribution in [-0.2, 0) is 25.0 Å². The smallest absolute Gasteiger partial charge is 0.744 e. The van der Waals surface area contributed by atoms with Crippen LogP contribution in [0.15, 0.2) is 45.2 Å². The number of amides is 1. The van der Waals surface area contributed by atoms with Gasteiger partial charge in [-0.1, -0.05) is 12.1 Å². The van der Waals surface area contributed by atoms with Crippen molar-refractivity contribution in [1.82, 2.24) is 0 Å². The van der Waals surface area contributed by atoms with Crippen LogP contribution in [0.2, 0.25) is 0 Å². The summed E-state index contributed by atoms with van der Waals surface area (Å²) in [6.45, 7) is 1.58. The Balaban J connectivity index is 0.00000182. The van der Waals surface area contributed by atoms with Crippen molar-refractivity contribution >= 4 is 48.3 Å². The predicted molar refractivity (Wildman–Crippen MR) is 85.1 cm³/mol. The van der Waals surface area contributed by atoms with Gasteiger partial charge in [-0.15, -0.1) is 0 Å². The number of hydrogen-bond donors (Lipinski definition) is 0. The van der Waals surface area contributed by atoms with E-state index >= 15 is 0 Å². The maximum absolute atomic E-state index is 12.0. The predicted octanol–water partition coefficient (Wildman–Crippen LogP) is -5.23. The van der Waals surface area contributed by atoms with Gasteiger partial charge in [0.05, 0.1) is 21.9 Å². The number of nitrogens with zero attached hydrogens (tertiary/aromatic N) is 2. The second-order valence-electron chi connectivity index (χ2n) is 5.42. The molecule has 13 heteroatoms. The molecule has 3 rings (SSSR count). The van der Waals surface area contributed by atoms with Gasteiger partial charge in [0.1, 0.15) is 20.2 Å². The summed E-state index contributed by atoms with van der Waals surface area (Å²) in [4.78, 5) is 10.5. The van der Waals surface area contributed by atoms with Gasteiger partial charge in [-0.25, -0.2) is 21.8 Å². The molecule has 0 unspecified atom stereocenters. The van der Waals surface area contributed by atoms with E-state index in [1.165, 1.54) is 6.07 Å². The summed E-state index contributed by atoms with van der Waals surface area (Å²) in [6.07, 6.45) is -0.000996. The SMILES string of the molecule is CC1=NN(c2cc(S(=O)(=O)[O-])c3cccc(S(=O)(=O)[O-])c3c2)C(=O)C1.[Na+].[Na+]. The Morgan fingerprint density at radius 2 is 1.56 bits per heavy atom. The molecule has 2 aromatic carbocycles. The molecular weight excluding hydrogens is 418 g/mol. The molecule has 0 fully saturated rings. The average molecular weight is 428 g/mol. The minimum atomic E-state index is -5.01. The van der Waals surface area contributed by atoms with Crippen molar-refractivity contribution in [3.05, 3.63) is 30.3 Å². The molecule has 0 saturated heterocycles. The minimum Gasteiger partial charge on any atom is -0.744 e. The molecule has 1 amide bonds. The second-order valence-corrected chi connectivity index (χ2v) is 8.12. The molecular formula is C14H10N2Na2O7S2. The van der Waals surface area contributed by atoms with Crippen LogP contribution >= 0.6 is 0 Å². The van der Waals surface area contributed by atoms with Gasteiger partial charge in [-0.05, 0) is 25.1 Å². The Bertz CT molecular complexity index is 1160. The van der Waals surface area contributed by atoms with Gasteiger partial charge in [-0.2, -0.15) is 5.10 Å². The second kappa shape index (κ2) is 8.57. The van der Waals surface area contributed by atoms with Gasteiger partial charge >= 0.3 is 59.1 Å². The van der Waals surface area contributed by atoms with Gasteiger partial charge in [0, 0.05) is 16.5 Å². The van der Waals surface area contributed by atoms with E-state index in [-0.39, 0.29) is 82.0 Å². The summed E-state index contributed by atoms with van der Waals surface area (Å²) in [5.41, 5.74) is 0.348. The molecule has 0 bridgehead atoms. The van der Waals surface area contributed by atoms with Crippen LogP contribution in [0.4, 0.5) is 5.69 Å². The van der Waals surface area contributed by atoms with E-state index in [0.717, 1.165) is 29.3 Å². The van der Waals surface area contributed by atoms with Crippen LogP contribution in [0, 0.1) is 0 Å². The van der Waals surface area contributed by atoms with Crippen LogP contribution in [0.3, 0.4) is 0 Å². The van der Waals surface area contributed by atoms with Crippen molar-refractivity contribution in [2.75, 3.05) is 5.01 Å². The van der Waals surface area contributed by atoms with Gasteiger partial charge < -0.3 is 9.11 Å². The first-order chi connectivity index (χ1) is 11.5. The summed E-state index contributed by atoms with van der Waals surface area (Å²) >= 11 is 0. The van der Waals surface area contributed by atoms with Gasteiger partial charge in [0.15, 0.2) is 0 Å². The van der Waals surface area contributed by atoms with E-state index in [4.69, 9.17) is 0 Å². The Kier molecular flexibility index (Phi) is 7.84. The zero-order valence-electron chi connectivity index (χ0n) is 14.7. The Hall–Kier alpha value is -0.340. The minimum absolute atomic E-state index is 0. The first-order valence-corrected chi connectivity index (χ1v) is 9.66. The zero-order valence-corrected chi connectivity index (χ0v) is 20.3. The fourth-order valence-corrected chi connectivity index (χ4v) is 4.01. The first kappa shape index (κ1) is 24.7. The van der Waals surface area contributed by atoms with E-state index in [1.54, 1.807) is 6.92 Å².